The third-order valence-electron chi connectivity index (χ3n) is 2.96. The second-order valence-electron chi connectivity index (χ2n) is 5.19. The number of para-hydroxylation sites is 1. The first kappa shape index (κ1) is 13.1. The molecule has 1 atom stereocenters. The van der Waals surface area contributed by atoms with E-state index in [1.165, 1.54) is 16.1 Å². The molecule has 2 nitrogen and oxygen atoms in total. The van der Waals surface area contributed by atoms with Gasteiger partial charge in [0.05, 0.1) is 5.69 Å². The summed E-state index contributed by atoms with van der Waals surface area (Å²) in [5, 5.41) is 9.49. The van der Waals surface area contributed by atoms with Gasteiger partial charge >= 0.3 is 0 Å². The van der Waals surface area contributed by atoms with Crippen LogP contribution in [0.4, 0.5) is 5.69 Å². The second-order valence-corrected chi connectivity index (χ2v) is 7.27. The summed E-state index contributed by atoms with van der Waals surface area (Å²) >= 11 is 2.67. The first-order valence-corrected chi connectivity index (χ1v) is 7.58. The summed E-state index contributed by atoms with van der Waals surface area (Å²) in [7, 11) is 0. The fourth-order valence-electron chi connectivity index (χ4n) is 2.21. The van der Waals surface area contributed by atoms with E-state index in [0.29, 0.717) is 0 Å². The normalized spacial score (nSPS) is 19.6. The third-order valence-corrected chi connectivity index (χ3v) is 4.89. The van der Waals surface area contributed by atoms with Crippen LogP contribution >= 0.6 is 23.7 Å². The molecule has 1 aromatic carbocycles. The van der Waals surface area contributed by atoms with Gasteiger partial charge in [-0.1, -0.05) is 36.0 Å². The SMILES string of the molecule is CCc1cccc2c1N(C(C)(C)C)C(S[N])S2. The van der Waals surface area contributed by atoms with Gasteiger partial charge in [-0.2, -0.15) is 0 Å². The van der Waals surface area contributed by atoms with Crippen LogP contribution in [-0.2, 0) is 6.42 Å². The summed E-state index contributed by atoms with van der Waals surface area (Å²) in [6, 6.07) is 6.44. The minimum Gasteiger partial charge on any atom is -0.343 e. The van der Waals surface area contributed by atoms with E-state index in [2.05, 4.69) is 50.8 Å². The van der Waals surface area contributed by atoms with Crippen LogP contribution in [0.3, 0.4) is 0 Å². The minimum absolute atomic E-state index is 0.0178. The van der Waals surface area contributed by atoms with Gasteiger partial charge in [-0.05, 0) is 50.8 Å². The van der Waals surface area contributed by atoms with E-state index in [-0.39, 0.29) is 10.2 Å². The van der Waals surface area contributed by atoms with Gasteiger partial charge in [0, 0.05) is 10.4 Å². The molecule has 2 radical (unpaired) electrons. The molecular weight excluding hydrogens is 248 g/mol. The molecule has 17 heavy (non-hydrogen) atoms. The van der Waals surface area contributed by atoms with Crippen LogP contribution in [0.5, 0.6) is 0 Å². The monoisotopic (exact) mass is 266 g/mol. The molecule has 0 bridgehead atoms. The topological polar surface area (TPSA) is 25.5 Å². The zero-order chi connectivity index (χ0) is 12.6. The van der Waals surface area contributed by atoms with Crippen molar-refractivity contribution in [3.05, 3.63) is 23.8 Å². The molecule has 0 aliphatic carbocycles. The zero-order valence-electron chi connectivity index (χ0n) is 10.7. The lowest BCUT2D eigenvalue weighted by Gasteiger charge is -2.38. The van der Waals surface area contributed by atoms with Crippen LogP contribution in [0.2, 0.25) is 0 Å². The molecule has 0 spiro atoms. The molecule has 92 valence electrons. The van der Waals surface area contributed by atoms with Crippen LogP contribution in [0.1, 0.15) is 33.3 Å². The molecule has 1 heterocycles. The fourth-order valence-corrected chi connectivity index (χ4v) is 4.45. The zero-order valence-corrected chi connectivity index (χ0v) is 12.4. The number of rotatable bonds is 2. The lowest BCUT2D eigenvalue weighted by Crippen LogP contribution is -2.44. The molecule has 1 unspecified atom stereocenters. The van der Waals surface area contributed by atoms with Gasteiger partial charge in [-0.3, -0.25) is 0 Å². The van der Waals surface area contributed by atoms with Gasteiger partial charge in [0.15, 0.2) is 0 Å². The third kappa shape index (κ3) is 2.30. The molecule has 1 aliphatic rings. The molecule has 0 saturated carbocycles. The lowest BCUT2D eigenvalue weighted by atomic mass is 10.0. The molecule has 0 fully saturated rings. The Morgan fingerprint density at radius 1 is 1.41 bits per heavy atom. The predicted molar refractivity (Wildman–Crippen MR) is 77.4 cm³/mol. The Hall–Kier alpha value is -0.320. The smallest absolute Gasteiger partial charge is 0.144 e. The molecule has 0 aromatic heterocycles. The van der Waals surface area contributed by atoms with Gasteiger partial charge < -0.3 is 4.90 Å². The Morgan fingerprint density at radius 3 is 2.65 bits per heavy atom. The lowest BCUT2D eigenvalue weighted by molar-refractivity contribution is 0.524. The van der Waals surface area contributed by atoms with Crippen molar-refractivity contribution in [2.75, 3.05) is 4.90 Å². The number of hydrogen-bond acceptors (Lipinski definition) is 3. The minimum atomic E-state index is 0.0178. The van der Waals surface area contributed by atoms with Crippen molar-refractivity contribution in [3.8, 4) is 0 Å². The van der Waals surface area contributed by atoms with Crippen molar-refractivity contribution in [2.45, 2.75) is 49.3 Å². The molecule has 0 saturated heterocycles. The number of anilines is 1. The van der Waals surface area contributed by atoms with E-state index in [0.717, 1.165) is 18.4 Å². The number of nitrogens with zero attached hydrogens (tertiary/aromatic N) is 2. The summed E-state index contributed by atoms with van der Waals surface area (Å²) < 4.78 is 0.0673. The summed E-state index contributed by atoms with van der Waals surface area (Å²) in [6.45, 7) is 8.76. The molecular formula is C13H18N2S2. The molecule has 1 aromatic rings. The van der Waals surface area contributed by atoms with E-state index in [9.17, 15) is 5.14 Å². The predicted octanol–water partition coefficient (Wildman–Crippen LogP) is 3.96. The quantitative estimate of drug-likeness (QED) is 0.758. The Morgan fingerprint density at radius 2 is 2.12 bits per heavy atom. The second kappa shape index (κ2) is 4.75. The van der Waals surface area contributed by atoms with Crippen LogP contribution in [0.15, 0.2) is 23.1 Å². The van der Waals surface area contributed by atoms with Gasteiger partial charge in [-0.25, -0.2) is 0 Å². The first-order valence-electron chi connectivity index (χ1n) is 5.87. The van der Waals surface area contributed by atoms with Gasteiger partial charge in [0.25, 0.3) is 0 Å². The highest BCUT2D eigenvalue weighted by molar-refractivity contribution is 8.16. The highest BCUT2D eigenvalue weighted by Gasteiger charge is 2.38. The standard InChI is InChI=1S/C13H18N2S2/c1-5-9-7-6-8-10-11(9)15(13(2,3)4)12(16-10)17-14/h6-8,12H,5H2,1-4H3. The van der Waals surface area contributed by atoms with E-state index in [1.54, 1.807) is 11.8 Å². The Labute approximate surface area is 112 Å². The molecule has 4 heteroatoms. The van der Waals surface area contributed by atoms with Gasteiger partial charge in [0.1, 0.15) is 4.71 Å². The Kier molecular flexibility index (Phi) is 3.66. The molecule has 0 amide bonds. The van der Waals surface area contributed by atoms with Crippen molar-refractivity contribution in [1.82, 2.24) is 5.14 Å². The number of thioether (sulfide) groups is 1. The molecule has 2 rings (SSSR count). The van der Waals surface area contributed by atoms with Crippen molar-refractivity contribution >= 4 is 29.4 Å². The van der Waals surface area contributed by atoms with E-state index >= 15 is 0 Å². The van der Waals surface area contributed by atoms with Crippen LogP contribution in [0, 0.1) is 0 Å². The van der Waals surface area contributed by atoms with Crippen molar-refractivity contribution in [3.63, 3.8) is 0 Å². The maximum atomic E-state index is 9.49. The Balaban J connectivity index is 2.53. The summed E-state index contributed by atoms with van der Waals surface area (Å²) in [4.78, 5) is 3.61. The van der Waals surface area contributed by atoms with Crippen molar-refractivity contribution in [2.24, 2.45) is 0 Å². The summed E-state index contributed by atoms with van der Waals surface area (Å²) in [5.74, 6) is 0. The highest BCUT2D eigenvalue weighted by atomic mass is 32.2. The first-order chi connectivity index (χ1) is 7.99. The molecule has 0 N–H and O–H groups in total. The number of fused-ring (bicyclic) bond motifs is 1. The number of benzene rings is 1. The maximum absolute atomic E-state index is 9.49. The average molecular weight is 266 g/mol. The number of hydrogen-bond donors (Lipinski definition) is 0. The van der Waals surface area contributed by atoms with Gasteiger partial charge in [0.2, 0.25) is 0 Å². The fraction of sp³-hybridized carbons (Fsp3) is 0.538. The summed E-state index contributed by atoms with van der Waals surface area (Å²) in [6.07, 6.45) is 1.03. The van der Waals surface area contributed by atoms with Crippen LogP contribution in [-0.4, -0.2) is 10.2 Å². The van der Waals surface area contributed by atoms with Crippen molar-refractivity contribution < 1.29 is 0 Å². The summed E-state index contributed by atoms with van der Waals surface area (Å²) in [5.41, 5.74) is 2.68. The number of aryl methyl sites for hydroxylation is 1. The Bertz CT molecular complexity index is 412. The van der Waals surface area contributed by atoms with E-state index in [4.69, 9.17) is 0 Å². The van der Waals surface area contributed by atoms with Gasteiger partial charge in [-0.15, -0.1) is 0 Å². The van der Waals surface area contributed by atoms with Crippen LogP contribution in [0.25, 0.3) is 0 Å². The van der Waals surface area contributed by atoms with E-state index < -0.39 is 0 Å². The maximum Gasteiger partial charge on any atom is 0.144 e. The van der Waals surface area contributed by atoms with Crippen molar-refractivity contribution in [1.29, 1.82) is 0 Å². The van der Waals surface area contributed by atoms with E-state index in [1.807, 2.05) is 0 Å². The average Bonchev–Trinajstić information content (AvgIpc) is 2.66. The molecule has 1 aliphatic heterocycles. The largest absolute Gasteiger partial charge is 0.343 e. The van der Waals surface area contributed by atoms with Crippen LogP contribution < -0.4 is 10.0 Å². The highest BCUT2D eigenvalue weighted by Crippen LogP contribution is 2.51.